The maximum Gasteiger partial charge on any atom is 0.357 e. The second-order valence-corrected chi connectivity index (χ2v) is 4.92. The van der Waals surface area contributed by atoms with Gasteiger partial charge in [0.25, 0.3) is 0 Å². The Bertz CT molecular complexity index is 895. The van der Waals surface area contributed by atoms with Gasteiger partial charge in [-0.05, 0) is 36.5 Å². The molecule has 0 unspecified atom stereocenters. The highest BCUT2D eigenvalue weighted by atomic mass is 32.1. The quantitative estimate of drug-likeness (QED) is 0.586. The molecule has 0 radical (unpaired) electrons. The average molecular weight is 319 g/mol. The van der Waals surface area contributed by atoms with E-state index >= 15 is 0 Å². The van der Waals surface area contributed by atoms with Gasteiger partial charge in [-0.25, -0.2) is 14.2 Å². The molecule has 3 N–H and O–H groups in total. The summed E-state index contributed by atoms with van der Waals surface area (Å²) in [6.45, 7) is 0. The van der Waals surface area contributed by atoms with Crippen molar-refractivity contribution in [2.45, 2.75) is 0 Å². The van der Waals surface area contributed by atoms with Crippen LogP contribution in [0.2, 0.25) is 0 Å². The van der Waals surface area contributed by atoms with Crippen LogP contribution in [0.4, 0.5) is 10.1 Å². The number of carbonyl (C=O) groups excluding carboxylic acids is 1. The normalized spacial score (nSPS) is 14.8. The number of carbonyl (C=O) groups is 1. The van der Waals surface area contributed by atoms with E-state index in [2.05, 4.69) is 15.0 Å². The minimum absolute atomic E-state index is 0.0306. The van der Waals surface area contributed by atoms with Gasteiger partial charge in [0.2, 0.25) is 5.88 Å². The monoisotopic (exact) mass is 319 g/mol. The molecule has 1 aliphatic rings. The van der Waals surface area contributed by atoms with Crippen molar-refractivity contribution in [1.82, 2.24) is 9.97 Å². The summed E-state index contributed by atoms with van der Waals surface area (Å²) in [6, 6.07) is 3.98. The molecule has 22 heavy (non-hydrogen) atoms. The lowest BCUT2D eigenvalue weighted by Crippen LogP contribution is -2.14. The fraction of sp³-hybridized carbons (Fsp3) is 0.0714. The molecule has 8 heteroatoms. The van der Waals surface area contributed by atoms with Gasteiger partial charge in [-0.15, -0.1) is 0 Å². The summed E-state index contributed by atoms with van der Waals surface area (Å²) in [6.07, 6.45) is 1.46. The van der Waals surface area contributed by atoms with Crippen LogP contribution in [0.3, 0.4) is 0 Å². The number of fused-ring (bicyclic) bond motifs is 1. The number of aromatic amines is 2. The van der Waals surface area contributed by atoms with Crippen LogP contribution in [0.5, 0.6) is 5.88 Å². The minimum atomic E-state index is -0.656. The Kier molecular flexibility index (Phi) is 3.38. The van der Waals surface area contributed by atoms with E-state index in [1.807, 2.05) is 0 Å². The standard InChI is InChI=1S/C14H10FN3O3S/c1-21-13(20)11-8(5-10-12(19)18-14(22)17-10)7-4-6(15)2-3-9(7)16-11/h2-5,19H,1H3,(H2,17,18,22). The summed E-state index contributed by atoms with van der Waals surface area (Å²) < 4.78 is 18.4. The van der Waals surface area contributed by atoms with Gasteiger partial charge in [0.15, 0.2) is 10.5 Å². The lowest BCUT2D eigenvalue weighted by Gasteiger charge is -2.03. The number of ether oxygens (including phenoxy) is 1. The number of aromatic hydroxyl groups is 1. The van der Waals surface area contributed by atoms with Crippen LogP contribution < -0.4 is 0 Å². The predicted molar refractivity (Wildman–Crippen MR) is 81.0 cm³/mol. The number of nitrogens with zero attached hydrogens (tertiary/aromatic N) is 1. The molecule has 1 aromatic heterocycles. The van der Waals surface area contributed by atoms with Crippen LogP contribution >= 0.6 is 12.2 Å². The number of rotatable bonds is 2. The van der Waals surface area contributed by atoms with Crippen molar-refractivity contribution in [3.05, 3.63) is 40.0 Å². The molecule has 3 rings (SSSR count). The third kappa shape index (κ3) is 2.33. The number of nitrogens with one attached hydrogen (secondary N) is 2. The Morgan fingerprint density at radius 1 is 1.45 bits per heavy atom. The number of halogens is 1. The van der Waals surface area contributed by atoms with Gasteiger partial charge in [0.1, 0.15) is 11.5 Å². The minimum Gasteiger partial charge on any atom is -0.493 e. The second-order valence-electron chi connectivity index (χ2n) is 4.51. The molecular weight excluding hydrogens is 309 g/mol. The second kappa shape index (κ2) is 5.23. The summed E-state index contributed by atoms with van der Waals surface area (Å²) in [5.74, 6) is -1.31. The summed E-state index contributed by atoms with van der Waals surface area (Å²) in [4.78, 5) is 21.3. The number of hydrogen-bond acceptors (Lipinski definition) is 5. The zero-order valence-electron chi connectivity index (χ0n) is 11.3. The summed E-state index contributed by atoms with van der Waals surface area (Å²) >= 11 is 4.88. The fourth-order valence-corrected chi connectivity index (χ4v) is 2.37. The number of H-pyrrole nitrogens is 2. The molecule has 1 aliphatic heterocycles. The summed E-state index contributed by atoms with van der Waals surface area (Å²) in [7, 11) is 1.23. The van der Waals surface area contributed by atoms with E-state index in [1.54, 1.807) is 0 Å². The maximum atomic E-state index is 13.5. The lowest BCUT2D eigenvalue weighted by molar-refractivity contribution is -0.132. The van der Waals surface area contributed by atoms with E-state index in [0.717, 1.165) is 0 Å². The molecule has 1 aromatic carbocycles. The number of benzene rings is 1. The number of esters is 1. The van der Waals surface area contributed by atoms with E-state index in [4.69, 9.17) is 17.0 Å². The molecule has 0 spiro atoms. The third-order valence-corrected chi connectivity index (χ3v) is 3.34. The molecule has 6 nitrogen and oxygen atoms in total. The molecule has 0 amide bonds. The zero-order chi connectivity index (χ0) is 15.9. The highest BCUT2D eigenvalue weighted by molar-refractivity contribution is 7.71. The summed E-state index contributed by atoms with van der Waals surface area (Å²) in [5, 5.41) is 9.75. The Hall–Kier alpha value is -2.74. The third-order valence-electron chi connectivity index (χ3n) is 3.14. The van der Waals surface area contributed by atoms with Crippen molar-refractivity contribution >= 4 is 41.2 Å². The molecule has 0 atom stereocenters. The van der Waals surface area contributed by atoms with Crippen molar-refractivity contribution in [1.29, 1.82) is 0 Å². The zero-order valence-corrected chi connectivity index (χ0v) is 12.1. The Morgan fingerprint density at radius 2 is 2.23 bits per heavy atom. The van der Waals surface area contributed by atoms with Gasteiger partial charge in [0, 0.05) is 11.1 Å². The Balaban J connectivity index is 2.20. The van der Waals surface area contributed by atoms with Crippen molar-refractivity contribution in [3.63, 3.8) is 0 Å². The average Bonchev–Trinajstić information content (AvgIpc) is 2.99. The largest absolute Gasteiger partial charge is 0.493 e. The number of aromatic nitrogens is 2. The van der Waals surface area contributed by atoms with Crippen molar-refractivity contribution in [2.24, 2.45) is 4.99 Å². The maximum absolute atomic E-state index is 13.5. The van der Waals surface area contributed by atoms with E-state index in [-0.39, 0.29) is 22.1 Å². The molecule has 0 saturated heterocycles. The first-order valence-corrected chi connectivity index (χ1v) is 6.60. The first-order chi connectivity index (χ1) is 10.5. The van der Waals surface area contributed by atoms with Crippen molar-refractivity contribution in [2.75, 3.05) is 7.11 Å². The van der Waals surface area contributed by atoms with Gasteiger partial charge >= 0.3 is 5.97 Å². The SMILES string of the molecule is COC(=O)C1=Nc2ccc(F)cc2C1=Cc1[nH]c(=S)[nH]c1O. The highest BCUT2D eigenvalue weighted by Crippen LogP contribution is 2.37. The Labute approximate surface area is 129 Å². The molecular formula is C14H10FN3O3S. The molecule has 0 aliphatic carbocycles. The topological polar surface area (TPSA) is 90.5 Å². The lowest BCUT2D eigenvalue weighted by atomic mass is 10.0. The summed E-state index contributed by atoms with van der Waals surface area (Å²) in [5.41, 5.74) is 1.50. The van der Waals surface area contributed by atoms with Gasteiger partial charge in [-0.3, -0.25) is 0 Å². The number of methoxy groups -OCH3 is 1. The number of aliphatic imine (C=N–C) groups is 1. The van der Waals surface area contributed by atoms with Gasteiger partial charge in [-0.1, -0.05) is 0 Å². The van der Waals surface area contributed by atoms with Crippen LogP contribution in [-0.4, -0.2) is 33.9 Å². The van der Waals surface area contributed by atoms with Crippen LogP contribution in [0.15, 0.2) is 23.2 Å². The van der Waals surface area contributed by atoms with E-state index in [0.29, 0.717) is 16.8 Å². The molecule has 2 aromatic rings. The molecule has 112 valence electrons. The smallest absolute Gasteiger partial charge is 0.357 e. The van der Waals surface area contributed by atoms with Crippen LogP contribution in [0.1, 0.15) is 11.3 Å². The van der Waals surface area contributed by atoms with Crippen molar-refractivity contribution < 1.29 is 19.0 Å². The van der Waals surface area contributed by atoms with Gasteiger partial charge < -0.3 is 19.8 Å². The molecule has 0 fully saturated rings. The molecule has 0 saturated carbocycles. The van der Waals surface area contributed by atoms with Crippen LogP contribution in [0, 0.1) is 10.6 Å². The number of imidazole rings is 1. The first kappa shape index (κ1) is 14.2. The highest BCUT2D eigenvalue weighted by Gasteiger charge is 2.28. The van der Waals surface area contributed by atoms with E-state index < -0.39 is 11.8 Å². The Morgan fingerprint density at radius 3 is 2.86 bits per heavy atom. The van der Waals surface area contributed by atoms with Crippen molar-refractivity contribution in [3.8, 4) is 5.88 Å². The van der Waals surface area contributed by atoms with Crippen LogP contribution in [-0.2, 0) is 9.53 Å². The molecule has 2 heterocycles. The predicted octanol–water partition coefficient (Wildman–Crippen LogP) is 2.72. The first-order valence-electron chi connectivity index (χ1n) is 6.20. The van der Waals surface area contributed by atoms with Gasteiger partial charge in [-0.2, -0.15) is 0 Å². The fourth-order valence-electron chi connectivity index (χ4n) is 2.16. The van der Waals surface area contributed by atoms with E-state index in [9.17, 15) is 14.3 Å². The van der Waals surface area contributed by atoms with E-state index in [1.165, 1.54) is 31.4 Å². The number of hydrogen-bond donors (Lipinski definition) is 3. The van der Waals surface area contributed by atoms with Gasteiger partial charge in [0.05, 0.1) is 12.8 Å². The molecule has 0 bridgehead atoms. The van der Waals surface area contributed by atoms with Crippen LogP contribution in [0.25, 0.3) is 11.6 Å².